The smallest absolute Gasteiger partial charge is 0.265 e. The molecule has 2 aromatic heterocycles. The van der Waals surface area contributed by atoms with Crippen molar-refractivity contribution in [1.29, 1.82) is 0 Å². The Kier molecular flexibility index (Phi) is 7.97. The molecule has 2 heterocycles. The summed E-state index contributed by atoms with van der Waals surface area (Å²) in [6.07, 6.45) is 2.95. The van der Waals surface area contributed by atoms with Gasteiger partial charge in [-0.2, -0.15) is 5.10 Å². The van der Waals surface area contributed by atoms with E-state index in [0.29, 0.717) is 10.0 Å². The zero-order chi connectivity index (χ0) is 26.6. The summed E-state index contributed by atoms with van der Waals surface area (Å²) in [5.41, 5.74) is 5.61. The summed E-state index contributed by atoms with van der Waals surface area (Å²) >= 11 is 12.6. The average molecular weight is 556 g/mol. The lowest BCUT2D eigenvalue weighted by Crippen LogP contribution is -2.40. The molecule has 0 saturated carbocycles. The van der Waals surface area contributed by atoms with E-state index in [0.717, 1.165) is 26.9 Å². The van der Waals surface area contributed by atoms with Crippen LogP contribution in [0.4, 0.5) is 5.82 Å². The summed E-state index contributed by atoms with van der Waals surface area (Å²) < 4.78 is 29.4. The molecule has 2 aromatic carbocycles. The highest BCUT2D eigenvalue weighted by molar-refractivity contribution is 7.92. The molecular formula is C26H23Cl2N5O3S. The van der Waals surface area contributed by atoms with Crippen LogP contribution in [0.15, 0.2) is 89.0 Å². The highest BCUT2D eigenvalue weighted by Gasteiger charge is 2.27. The van der Waals surface area contributed by atoms with Crippen molar-refractivity contribution in [3.05, 3.63) is 106 Å². The molecule has 0 atom stereocenters. The number of carbonyl (C=O) groups excluding carboxylic acids is 1. The number of halogens is 2. The summed E-state index contributed by atoms with van der Waals surface area (Å²) in [5, 5.41) is 4.92. The number of nitrogens with zero attached hydrogens (tertiary/aromatic N) is 4. The summed E-state index contributed by atoms with van der Waals surface area (Å²) in [7, 11) is -4.04. The molecule has 190 valence electrons. The minimum absolute atomic E-state index is 0.0454. The van der Waals surface area contributed by atoms with Crippen molar-refractivity contribution in [2.45, 2.75) is 18.7 Å². The number of hydrogen-bond donors (Lipinski definition) is 1. The lowest BCUT2D eigenvalue weighted by Gasteiger charge is -2.22. The van der Waals surface area contributed by atoms with E-state index >= 15 is 0 Å². The molecule has 0 spiro atoms. The van der Waals surface area contributed by atoms with Gasteiger partial charge in [0.05, 0.1) is 26.8 Å². The predicted octanol–water partition coefficient (Wildman–Crippen LogP) is 5.14. The van der Waals surface area contributed by atoms with E-state index in [-0.39, 0.29) is 10.7 Å². The van der Waals surface area contributed by atoms with E-state index in [9.17, 15) is 13.2 Å². The van der Waals surface area contributed by atoms with E-state index in [1.807, 2.05) is 36.6 Å². The number of sulfonamides is 1. The van der Waals surface area contributed by atoms with Crippen LogP contribution in [0.1, 0.15) is 17.0 Å². The fourth-order valence-corrected chi connectivity index (χ4v) is 5.58. The van der Waals surface area contributed by atoms with Crippen LogP contribution in [0.25, 0.3) is 5.69 Å². The number of rotatable bonds is 8. The Morgan fingerprint density at radius 3 is 2.49 bits per heavy atom. The van der Waals surface area contributed by atoms with Crippen LogP contribution < -0.4 is 9.73 Å². The average Bonchev–Trinajstić information content (AvgIpc) is 3.17. The molecule has 0 aliphatic rings. The molecule has 0 aliphatic carbocycles. The molecule has 0 aliphatic heterocycles. The van der Waals surface area contributed by atoms with Gasteiger partial charge < -0.3 is 4.57 Å². The number of hydrogen-bond acceptors (Lipinski definition) is 5. The lowest BCUT2D eigenvalue weighted by atomic mass is 10.2. The third kappa shape index (κ3) is 5.69. The third-order valence-electron chi connectivity index (χ3n) is 5.56. The topological polar surface area (TPSA) is 96.7 Å². The maximum absolute atomic E-state index is 13.3. The number of aromatic nitrogens is 2. The Labute approximate surface area is 225 Å². The van der Waals surface area contributed by atoms with Crippen LogP contribution in [0.2, 0.25) is 10.0 Å². The summed E-state index contributed by atoms with van der Waals surface area (Å²) in [6, 6.07) is 20.0. The van der Waals surface area contributed by atoms with Crippen molar-refractivity contribution in [3.8, 4) is 5.69 Å². The minimum atomic E-state index is -4.04. The standard InChI is InChI=1S/C26H23Cl2N5O3S/c1-18-15-20(19(2)33(18)23-12-8-11-22(27)26(23)28)16-30-31-25(34)17-32(24-13-6-7-14-29-24)37(35,36)21-9-4-3-5-10-21/h3-16H,17H2,1-2H3,(H,31,34)/b30-16-. The maximum Gasteiger partial charge on any atom is 0.265 e. The Hall–Kier alpha value is -3.66. The van der Waals surface area contributed by atoms with Crippen LogP contribution >= 0.6 is 23.2 Å². The van der Waals surface area contributed by atoms with Crippen molar-refractivity contribution in [3.63, 3.8) is 0 Å². The van der Waals surface area contributed by atoms with Gasteiger partial charge in [-0.05, 0) is 56.3 Å². The summed E-state index contributed by atoms with van der Waals surface area (Å²) in [6.45, 7) is 3.30. The summed E-state index contributed by atoms with van der Waals surface area (Å²) in [5.74, 6) is -0.513. The van der Waals surface area contributed by atoms with Crippen molar-refractivity contribution in [2.75, 3.05) is 10.8 Å². The van der Waals surface area contributed by atoms with Gasteiger partial charge in [0, 0.05) is 23.1 Å². The first-order valence-corrected chi connectivity index (χ1v) is 13.3. The zero-order valence-corrected chi connectivity index (χ0v) is 22.3. The first-order valence-electron chi connectivity index (χ1n) is 11.1. The van der Waals surface area contributed by atoms with Gasteiger partial charge in [0.2, 0.25) is 0 Å². The highest BCUT2D eigenvalue weighted by atomic mass is 35.5. The molecule has 4 rings (SSSR count). The van der Waals surface area contributed by atoms with E-state index in [2.05, 4.69) is 15.5 Å². The molecular weight excluding hydrogens is 533 g/mol. The second-order valence-corrected chi connectivity index (χ2v) is 10.7. The fraction of sp³-hybridized carbons (Fsp3) is 0.115. The largest absolute Gasteiger partial charge is 0.316 e. The Balaban J connectivity index is 1.54. The van der Waals surface area contributed by atoms with Gasteiger partial charge in [-0.1, -0.05) is 53.5 Å². The van der Waals surface area contributed by atoms with Crippen LogP contribution in [-0.2, 0) is 14.8 Å². The molecule has 0 radical (unpaired) electrons. The highest BCUT2D eigenvalue weighted by Crippen LogP contribution is 2.31. The van der Waals surface area contributed by atoms with Gasteiger partial charge in [-0.25, -0.2) is 23.1 Å². The second-order valence-electron chi connectivity index (χ2n) is 8.04. The lowest BCUT2D eigenvalue weighted by molar-refractivity contribution is -0.119. The van der Waals surface area contributed by atoms with Crippen molar-refractivity contribution in [1.82, 2.24) is 15.0 Å². The van der Waals surface area contributed by atoms with Crippen molar-refractivity contribution >= 4 is 51.2 Å². The van der Waals surface area contributed by atoms with Crippen LogP contribution in [-0.4, -0.2) is 36.6 Å². The Bertz CT molecular complexity index is 1560. The number of anilines is 1. The van der Waals surface area contributed by atoms with Gasteiger partial charge in [0.25, 0.3) is 15.9 Å². The molecule has 37 heavy (non-hydrogen) atoms. The van der Waals surface area contributed by atoms with Crippen molar-refractivity contribution < 1.29 is 13.2 Å². The molecule has 0 fully saturated rings. The Morgan fingerprint density at radius 1 is 1.05 bits per heavy atom. The molecule has 11 heteroatoms. The number of nitrogens with one attached hydrogen (secondary N) is 1. The van der Waals surface area contributed by atoms with Crippen molar-refractivity contribution in [2.24, 2.45) is 5.10 Å². The number of hydrazone groups is 1. The number of benzene rings is 2. The molecule has 4 aromatic rings. The van der Waals surface area contributed by atoms with E-state index < -0.39 is 22.5 Å². The van der Waals surface area contributed by atoms with Crippen LogP contribution in [0.5, 0.6) is 0 Å². The molecule has 0 saturated heterocycles. The normalized spacial score (nSPS) is 11.6. The van der Waals surface area contributed by atoms with Crippen LogP contribution in [0, 0.1) is 13.8 Å². The molecule has 1 amide bonds. The molecule has 1 N–H and O–H groups in total. The molecule has 0 bridgehead atoms. The van der Waals surface area contributed by atoms with E-state index in [1.165, 1.54) is 30.6 Å². The first-order chi connectivity index (χ1) is 17.7. The third-order valence-corrected chi connectivity index (χ3v) is 8.13. The number of pyridine rings is 1. The number of aryl methyl sites for hydroxylation is 1. The first kappa shape index (κ1) is 26.4. The Morgan fingerprint density at radius 2 is 1.78 bits per heavy atom. The van der Waals surface area contributed by atoms with Gasteiger partial charge in [-0.15, -0.1) is 0 Å². The van der Waals surface area contributed by atoms with Gasteiger partial charge in [-0.3, -0.25) is 4.79 Å². The molecule has 0 unspecified atom stereocenters. The number of carbonyl (C=O) groups is 1. The monoisotopic (exact) mass is 555 g/mol. The fourth-order valence-electron chi connectivity index (χ4n) is 3.80. The second kappa shape index (κ2) is 11.2. The quantitative estimate of drug-likeness (QED) is 0.240. The van der Waals surface area contributed by atoms with E-state index in [1.54, 1.807) is 36.4 Å². The maximum atomic E-state index is 13.3. The summed E-state index contributed by atoms with van der Waals surface area (Å²) in [4.78, 5) is 16.9. The van der Waals surface area contributed by atoms with Gasteiger partial charge in [0.1, 0.15) is 12.4 Å². The van der Waals surface area contributed by atoms with Gasteiger partial charge >= 0.3 is 0 Å². The SMILES string of the molecule is Cc1cc(/C=N\NC(=O)CN(c2ccccn2)S(=O)(=O)c2ccccc2)c(C)n1-c1cccc(Cl)c1Cl. The minimum Gasteiger partial charge on any atom is -0.316 e. The number of amides is 1. The van der Waals surface area contributed by atoms with Gasteiger partial charge in [0.15, 0.2) is 0 Å². The van der Waals surface area contributed by atoms with Crippen LogP contribution in [0.3, 0.4) is 0 Å². The van der Waals surface area contributed by atoms with E-state index in [4.69, 9.17) is 23.2 Å². The molecule has 8 nitrogen and oxygen atoms in total. The predicted molar refractivity (Wildman–Crippen MR) is 146 cm³/mol. The zero-order valence-electron chi connectivity index (χ0n) is 20.0.